The van der Waals surface area contributed by atoms with Crippen molar-refractivity contribution in [2.75, 3.05) is 14.1 Å². The van der Waals surface area contributed by atoms with Gasteiger partial charge in [0.25, 0.3) is 0 Å². The fraction of sp³-hybridized carbons (Fsp3) is 0.375. The topological polar surface area (TPSA) is 28.4 Å². The standard InChI is InChI=1S/C16H21ClN2O/c1-12-7-15(20-16(12)9-18-2)11-19(3)10-13-5-4-6-14(17)8-13/h4-8,18H,9-11H2,1-3H3. The Bertz CT molecular complexity index is 565. The summed E-state index contributed by atoms with van der Waals surface area (Å²) in [6.45, 7) is 4.49. The van der Waals surface area contributed by atoms with Crippen molar-refractivity contribution in [3.05, 3.63) is 58.0 Å². The number of aryl methyl sites for hydroxylation is 1. The monoisotopic (exact) mass is 292 g/mol. The number of benzene rings is 1. The van der Waals surface area contributed by atoms with Crippen LogP contribution in [0.4, 0.5) is 0 Å². The van der Waals surface area contributed by atoms with Gasteiger partial charge in [0.15, 0.2) is 0 Å². The second-order valence-electron chi connectivity index (χ2n) is 5.15. The van der Waals surface area contributed by atoms with E-state index in [1.807, 2.05) is 25.2 Å². The van der Waals surface area contributed by atoms with Crippen molar-refractivity contribution in [1.82, 2.24) is 10.2 Å². The van der Waals surface area contributed by atoms with Crippen LogP contribution in [0.5, 0.6) is 0 Å². The minimum atomic E-state index is 0.768. The van der Waals surface area contributed by atoms with Crippen LogP contribution in [0.1, 0.15) is 22.6 Å². The first-order valence-electron chi connectivity index (χ1n) is 6.74. The van der Waals surface area contributed by atoms with Gasteiger partial charge >= 0.3 is 0 Å². The van der Waals surface area contributed by atoms with Crippen LogP contribution in [0.2, 0.25) is 5.02 Å². The third kappa shape index (κ3) is 4.10. The predicted molar refractivity (Wildman–Crippen MR) is 82.8 cm³/mol. The predicted octanol–water partition coefficient (Wildman–Crippen LogP) is 3.59. The molecule has 0 unspecified atom stereocenters. The van der Waals surface area contributed by atoms with Gasteiger partial charge in [0.1, 0.15) is 11.5 Å². The van der Waals surface area contributed by atoms with E-state index in [1.165, 1.54) is 11.1 Å². The zero-order valence-electron chi connectivity index (χ0n) is 12.2. The average molecular weight is 293 g/mol. The van der Waals surface area contributed by atoms with E-state index in [0.29, 0.717) is 0 Å². The molecule has 2 aromatic rings. The highest BCUT2D eigenvalue weighted by Gasteiger charge is 2.09. The molecule has 108 valence electrons. The van der Waals surface area contributed by atoms with Crippen LogP contribution in [0.25, 0.3) is 0 Å². The highest BCUT2D eigenvalue weighted by molar-refractivity contribution is 6.30. The molecule has 1 aromatic heterocycles. The smallest absolute Gasteiger partial charge is 0.120 e. The number of furan rings is 1. The molecule has 0 bridgehead atoms. The van der Waals surface area contributed by atoms with Crippen LogP contribution in [-0.2, 0) is 19.6 Å². The number of rotatable bonds is 6. The Labute approximate surface area is 125 Å². The Morgan fingerprint density at radius 1 is 1.25 bits per heavy atom. The van der Waals surface area contributed by atoms with Gasteiger partial charge in [0.2, 0.25) is 0 Å². The minimum absolute atomic E-state index is 0.768. The Kier molecular flexibility index (Phi) is 5.24. The molecule has 3 nitrogen and oxygen atoms in total. The molecule has 20 heavy (non-hydrogen) atoms. The van der Waals surface area contributed by atoms with Crippen LogP contribution >= 0.6 is 11.6 Å². The SMILES string of the molecule is CNCc1oc(CN(C)Cc2cccc(Cl)c2)cc1C. The zero-order chi connectivity index (χ0) is 14.5. The fourth-order valence-electron chi connectivity index (χ4n) is 2.27. The molecule has 1 heterocycles. The third-order valence-corrected chi connectivity index (χ3v) is 3.41. The van der Waals surface area contributed by atoms with E-state index in [2.05, 4.69) is 36.3 Å². The maximum absolute atomic E-state index is 6.00. The largest absolute Gasteiger partial charge is 0.463 e. The Morgan fingerprint density at radius 2 is 2.05 bits per heavy atom. The lowest BCUT2D eigenvalue weighted by Gasteiger charge is -2.15. The number of hydrogen-bond acceptors (Lipinski definition) is 3. The normalized spacial score (nSPS) is 11.2. The Morgan fingerprint density at radius 3 is 2.75 bits per heavy atom. The second-order valence-corrected chi connectivity index (χ2v) is 5.59. The van der Waals surface area contributed by atoms with Gasteiger partial charge in [-0.2, -0.15) is 0 Å². The Balaban J connectivity index is 1.97. The number of hydrogen-bond donors (Lipinski definition) is 1. The van der Waals surface area contributed by atoms with Gasteiger partial charge in [-0.3, -0.25) is 4.90 Å². The summed E-state index contributed by atoms with van der Waals surface area (Å²) >= 11 is 6.00. The quantitative estimate of drug-likeness (QED) is 0.882. The van der Waals surface area contributed by atoms with Crippen molar-refractivity contribution in [2.24, 2.45) is 0 Å². The maximum Gasteiger partial charge on any atom is 0.120 e. The minimum Gasteiger partial charge on any atom is -0.463 e. The summed E-state index contributed by atoms with van der Waals surface area (Å²) in [6.07, 6.45) is 0. The van der Waals surface area contributed by atoms with Crippen molar-refractivity contribution in [3.8, 4) is 0 Å². The van der Waals surface area contributed by atoms with Crippen LogP contribution < -0.4 is 5.32 Å². The van der Waals surface area contributed by atoms with Crippen molar-refractivity contribution >= 4 is 11.6 Å². The van der Waals surface area contributed by atoms with Crippen LogP contribution in [0, 0.1) is 6.92 Å². The lowest BCUT2D eigenvalue weighted by Crippen LogP contribution is -2.16. The molecule has 4 heteroatoms. The van der Waals surface area contributed by atoms with Crippen molar-refractivity contribution in [1.29, 1.82) is 0 Å². The van der Waals surface area contributed by atoms with Crippen molar-refractivity contribution < 1.29 is 4.42 Å². The first kappa shape index (κ1) is 15.1. The van der Waals surface area contributed by atoms with E-state index in [1.54, 1.807) is 0 Å². The van der Waals surface area contributed by atoms with Gasteiger partial charge in [0, 0.05) is 11.6 Å². The lowest BCUT2D eigenvalue weighted by molar-refractivity contribution is 0.283. The molecular formula is C16H21ClN2O. The van der Waals surface area contributed by atoms with Crippen molar-refractivity contribution in [3.63, 3.8) is 0 Å². The molecule has 0 aliphatic carbocycles. The highest BCUT2D eigenvalue weighted by atomic mass is 35.5. The van der Waals surface area contributed by atoms with Gasteiger partial charge < -0.3 is 9.73 Å². The fourth-order valence-corrected chi connectivity index (χ4v) is 2.49. The van der Waals surface area contributed by atoms with Gasteiger partial charge in [-0.25, -0.2) is 0 Å². The molecule has 1 N–H and O–H groups in total. The van der Waals surface area contributed by atoms with Crippen LogP contribution in [0.3, 0.4) is 0 Å². The summed E-state index contributed by atoms with van der Waals surface area (Å²) in [5.41, 5.74) is 2.41. The van der Waals surface area contributed by atoms with E-state index in [4.69, 9.17) is 16.0 Å². The molecule has 0 spiro atoms. The molecule has 0 saturated heterocycles. The highest BCUT2D eigenvalue weighted by Crippen LogP contribution is 2.17. The third-order valence-electron chi connectivity index (χ3n) is 3.18. The molecule has 0 radical (unpaired) electrons. The molecule has 0 aliphatic heterocycles. The molecule has 0 aliphatic rings. The molecule has 0 saturated carbocycles. The molecular weight excluding hydrogens is 272 g/mol. The van der Waals surface area contributed by atoms with Gasteiger partial charge in [-0.05, 0) is 50.3 Å². The first-order valence-corrected chi connectivity index (χ1v) is 7.12. The summed E-state index contributed by atoms with van der Waals surface area (Å²) in [5.74, 6) is 2.01. The molecule has 2 rings (SSSR count). The molecule has 0 atom stereocenters. The van der Waals surface area contributed by atoms with Crippen molar-refractivity contribution in [2.45, 2.75) is 26.6 Å². The molecule has 1 aromatic carbocycles. The van der Waals surface area contributed by atoms with E-state index < -0.39 is 0 Å². The van der Waals surface area contributed by atoms with Crippen LogP contribution in [0.15, 0.2) is 34.7 Å². The lowest BCUT2D eigenvalue weighted by atomic mass is 10.2. The van der Waals surface area contributed by atoms with Gasteiger partial charge in [-0.15, -0.1) is 0 Å². The zero-order valence-corrected chi connectivity index (χ0v) is 13.0. The maximum atomic E-state index is 6.00. The average Bonchev–Trinajstić information content (AvgIpc) is 2.70. The molecule has 0 amide bonds. The summed E-state index contributed by atoms with van der Waals surface area (Å²) in [4.78, 5) is 2.22. The summed E-state index contributed by atoms with van der Waals surface area (Å²) < 4.78 is 5.86. The first-order chi connectivity index (χ1) is 9.58. The number of nitrogens with zero attached hydrogens (tertiary/aromatic N) is 1. The summed E-state index contributed by atoms with van der Waals surface area (Å²) in [5, 5.41) is 3.89. The van der Waals surface area contributed by atoms with Crippen LogP contribution in [-0.4, -0.2) is 19.0 Å². The second kappa shape index (κ2) is 6.93. The molecule has 0 fully saturated rings. The van der Waals surface area contributed by atoms with Gasteiger partial charge in [-0.1, -0.05) is 23.7 Å². The Hall–Kier alpha value is -1.29. The van der Waals surface area contributed by atoms with E-state index >= 15 is 0 Å². The summed E-state index contributed by atoms with van der Waals surface area (Å²) in [6, 6.07) is 10.1. The van der Waals surface area contributed by atoms with Gasteiger partial charge in [0.05, 0.1) is 13.1 Å². The van der Waals surface area contributed by atoms with E-state index in [9.17, 15) is 0 Å². The van der Waals surface area contributed by atoms with E-state index in [-0.39, 0.29) is 0 Å². The number of nitrogens with one attached hydrogen (secondary N) is 1. The van der Waals surface area contributed by atoms with E-state index in [0.717, 1.165) is 36.2 Å². The number of halogens is 1. The summed E-state index contributed by atoms with van der Waals surface area (Å²) in [7, 11) is 4.00.